The van der Waals surface area contributed by atoms with E-state index in [4.69, 9.17) is 9.47 Å². The normalized spacial score (nSPS) is 38.7. The van der Waals surface area contributed by atoms with Crippen molar-refractivity contribution in [3.63, 3.8) is 0 Å². The van der Waals surface area contributed by atoms with Crippen molar-refractivity contribution in [3.05, 3.63) is 47.0 Å². The molecule has 2 heteroatoms. The molecule has 2 atom stereocenters. The summed E-state index contributed by atoms with van der Waals surface area (Å²) in [4.78, 5) is 0. The van der Waals surface area contributed by atoms with Gasteiger partial charge in [-0.2, -0.15) is 0 Å². The third-order valence-corrected chi connectivity index (χ3v) is 3.43. The minimum atomic E-state index is -0.226. The maximum absolute atomic E-state index is 5.87. The zero-order valence-electron chi connectivity index (χ0n) is 8.14. The topological polar surface area (TPSA) is 21.8 Å². The first-order valence-electron chi connectivity index (χ1n) is 5.14. The van der Waals surface area contributed by atoms with Gasteiger partial charge in [0.15, 0.2) is 5.60 Å². The van der Waals surface area contributed by atoms with Gasteiger partial charge in [0.25, 0.3) is 0 Å². The zero-order valence-corrected chi connectivity index (χ0v) is 8.14. The molecule has 0 spiro atoms. The standard InChI is InChI=1S/C13H10O2/c1-2-4-11-8-13-9-14-6-5-12(13,15-13)7-10(11)3-1/h1-8H,9H2. The number of hydrogen-bond donors (Lipinski definition) is 0. The molecule has 0 saturated carbocycles. The smallest absolute Gasteiger partial charge is 0.159 e. The minimum Gasteiger partial charge on any atom is -0.498 e. The van der Waals surface area contributed by atoms with Crippen molar-refractivity contribution in [1.29, 1.82) is 0 Å². The first-order chi connectivity index (χ1) is 7.34. The van der Waals surface area contributed by atoms with Crippen LogP contribution in [0.2, 0.25) is 0 Å². The van der Waals surface area contributed by atoms with Gasteiger partial charge in [-0.15, -0.1) is 0 Å². The van der Waals surface area contributed by atoms with Crippen LogP contribution in [0.25, 0.3) is 12.2 Å². The average molecular weight is 198 g/mol. The van der Waals surface area contributed by atoms with Crippen LogP contribution in [-0.4, -0.2) is 17.8 Å². The molecule has 2 unspecified atom stereocenters. The molecule has 1 aliphatic carbocycles. The third kappa shape index (κ3) is 0.793. The largest absolute Gasteiger partial charge is 0.498 e. The SMILES string of the molecule is C1=CC23C=c4ccccc4=CC2(CO1)O3. The summed E-state index contributed by atoms with van der Waals surface area (Å²) in [5.74, 6) is 0. The molecule has 0 bridgehead atoms. The molecule has 4 rings (SSSR count). The van der Waals surface area contributed by atoms with Crippen molar-refractivity contribution in [2.24, 2.45) is 0 Å². The van der Waals surface area contributed by atoms with Crippen LogP contribution >= 0.6 is 0 Å². The highest BCUT2D eigenvalue weighted by Crippen LogP contribution is 2.54. The highest BCUT2D eigenvalue weighted by molar-refractivity contribution is 5.67. The number of epoxide rings is 1. The molecule has 1 fully saturated rings. The number of benzene rings is 1. The van der Waals surface area contributed by atoms with Gasteiger partial charge in [-0.1, -0.05) is 24.3 Å². The van der Waals surface area contributed by atoms with E-state index in [1.165, 1.54) is 10.4 Å². The van der Waals surface area contributed by atoms with Crippen LogP contribution in [0.4, 0.5) is 0 Å². The van der Waals surface area contributed by atoms with Crippen molar-refractivity contribution in [3.8, 4) is 0 Å². The van der Waals surface area contributed by atoms with Crippen LogP contribution in [0.15, 0.2) is 36.6 Å². The predicted molar refractivity (Wildman–Crippen MR) is 56.3 cm³/mol. The van der Waals surface area contributed by atoms with E-state index in [9.17, 15) is 0 Å². The van der Waals surface area contributed by atoms with Gasteiger partial charge in [0, 0.05) is 0 Å². The number of ether oxygens (including phenoxy) is 2. The second-order valence-corrected chi connectivity index (χ2v) is 4.32. The highest BCUT2D eigenvalue weighted by Gasteiger charge is 2.68. The molecular weight excluding hydrogens is 188 g/mol. The Kier molecular flexibility index (Phi) is 1.12. The zero-order chi connectivity index (χ0) is 9.93. The molecule has 0 radical (unpaired) electrons. The quantitative estimate of drug-likeness (QED) is 0.560. The lowest BCUT2D eigenvalue weighted by Crippen LogP contribution is -2.40. The van der Waals surface area contributed by atoms with Crippen LogP contribution in [0, 0.1) is 0 Å². The molecule has 0 amide bonds. The van der Waals surface area contributed by atoms with Crippen LogP contribution in [0.5, 0.6) is 0 Å². The van der Waals surface area contributed by atoms with Crippen LogP contribution in [-0.2, 0) is 9.47 Å². The van der Waals surface area contributed by atoms with Crippen molar-refractivity contribution < 1.29 is 9.47 Å². The fourth-order valence-electron chi connectivity index (χ4n) is 2.55. The monoisotopic (exact) mass is 198 g/mol. The predicted octanol–water partition coefficient (Wildman–Crippen LogP) is 0.313. The maximum Gasteiger partial charge on any atom is 0.159 e. The minimum absolute atomic E-state index is 0.223. The van der Waals surface area contributed by atoms with Crippen LogP contribution in [0.1, 0.15) is 0 Å². The fraction of sp³-hybridized carbons (Fsp3) is 0.231. The van der Waals surface area contributed by atoms with Gasteiger partial charge in [-0.05, 0) is 28.7 Å². The summed E-state index contributed by atoms with van der Waals surface area (Å²) in [6.07, 6.45) is 8.12. The molecule has 1 aromatic carbocycles. The Morgan fingerprint density at radius 1 is 1.07 bits per heavy atom. The van der Waals surface area contributed by atoms with E-state index < -0.39 is 0 Å². The van der Waals surface area contributed by atoms with E-state index in [-0.39, 0.29) is 11.2 Å². The third-order valence-electron chi connectivity index (χ3n) is 3.43. The Bertz CT molecular complexity index is 587. The second-order valence-electron chi connectivity index (χ2n) is 4.32. The number of hydrogen-bond acceptors (Lipinski definition) is 2. The van der Waals surface area contributed by atoms with Crippen LogP contribution in [0.3, 0.4) is 0 Å². The molecule has 15 heavy (non-hydrogen) atoms. The molecule has 2 heterocycles. The molecule has 2 aliphatic heterocycles. The fourth-order valence-corrected chi connectivity index (χ4v) is 2.55. The summed E-state index contributed by atoms with van der Waals surface area (Å²) in [5.41, 5.74) is -0.449. The molecular formula is C13H10O2. The summed E-state index contributed by atoms with van der Waals surface area (Å²) in [6.45, 7) is 0.619. The Balaban J connectivity index is 2.08. The molecule has 74 valence electrons. The molecule has 3 aliphatic rings. The van der Waals surface area contributed by atoms with Gasteiger partial charge in [-0.3, -0.25) is 0 Å². The number of rotatable bonds is 0. The summed E-state index contributed by atoms with van der Waals surface area (Å²) in [6, 6.07) is 8.34. The average Bonchev–Trinajstić information content (AvgIpc) is 2.93. The van der Waals surface area contributed by atoms with E-state index >= 15 is 0 Å². The summed E-state index contributed by atoms with van der Waals surface area (Å²) in [5, 5.41) is 2.49. The van der Waals surface area contributed by atoms with Gasteiger partial charge in [-0.25, -0.2) is 0 Å². The highest BCUT2D eigenvalue weighted by atomic mass is 16.7. The van der Waals surface area contributed by atoms with Gasteiger partial charge >= 0.3 is 0 Å². The molecule has 1 saturated heterocycles. The summed E-state index contributed by atoms with van der Waals surface area (Å²) >= 11 is 0. The van der Waals surface area contributed by atoms with E-state index in [2.05, 4.69) is 36.4 Å². The lowest BCUT2D eigenvalue weighted by Gasteiger charge is -2.18. The molecule has 1 aromatic rings. The molecule has 2 nitrogen and oxygen atoms in total. The Morgan fingerprint density at radius 3 is 2.73 bits per heavy atom. The first-order valence-corrected chi connectivity index (χ1v) is 5.14. The van der Waals surface area contributed by atoms with Gasteiger partial charge < -0.3 is 9.47 Å². The van der Waals surface area contributed by atoms with Crippen molar-refractivity contribution >= 4 is 12.2 Å². The van der Waals surface area contributed by atoms with E-state index in [0.29, 0.717) is 6.61 Å². The lowest BCUT2D eigenvalue weighted by atomic mass is 9.86. The number of fused-ring (bicyclic) bond motifs is 1. The first kappa shape index (κ1) is 7.71. The van der Waals surface area contributed by atoms with Crippen LogP contribution < -0.4 is 10.4 Å². The molecule has 0 N–H and O–H groups in total. The maximum atomic E-state index is 5.87. The summed E-state index contributed by atoms with van der Waals surface area (Å²) in [7, 11) is 0. The van der Waals surface area contributed by atoms with E-state index in [0.717, 1.165) is 0 Å². The lowest BCUT2D eigenvalue weighted by molar-refractivity contribution is 0.187. The summed E-state index contributed by atoms with van der Waals surface area (Å²) < 4.78 is 11.2. The Hall–Kier alpha value is -1.54. The van der Waals surface area contributed by atoms with Gasteiger partial charge in [0.2, 0.25) is 0 Å². The second kappa shape index (κ2) is 2.17. The Morgan fingerprint density at radius 2 is 1.87 bits per heavy atom. The van der Waals surface area contributed by atoms with Gasteiger partial charge in [0.1, 0.15) is 12.2 Å². The van der Waals surface area contributed by atoms with Gasteiger partial charge in [0.05, 0.1) is 6.26 Å². The van der Waals surface area contributed by atoms with Crippen molar-refractivity contribution in [2.75, 3.05) is 6.61 Å². The van der Waals surface area contributed by atoms with Crippen molar-refractivity contribution in [1.82, 2.24) is 0 Å². The molecule has 0 aromatic heterocycles. The Labute approximate surface area is 87.1 Å². The van der Waals surface area contributed by atoms with E-state index in [1.807, 2.05) is 6.08 Å². The van der Waals surface area contributed by atoms with E-state index in [1.54, 1.807) is 6.26 Å². The van der Waals surface area contributed by atoms with Crippen molar-refractivity contribution in [2.45, 2.75) is 11.2 Å².